The summed E-state index contributed by atoms with van der Waals surface area (Å²) in [5, 5.41) is 8.63. The van der Waals surface area contributed by atoms with Crippen LogP contribution in [0, 0.1) is 0 Å². The number of hydrogen-bond donors (Lipinski definition) is 1. The normalized spacial score (nSPS) is 6.70. The summed E-state index contributed by atoms with van der Waals surface area (Å²) in [5.41, 5.74) is 0. The van der Waals surface area contributed by atoms with Gasteiger partial charge in [-0.1, -0.05) is 18.2 Å². The molecule has 4 heteroatoms. The first-order valence-electron chi connectivity index (χ1n) is 2.40. The molecular weight excluding hydrogens is 340 g/mol. The SMILES string of the molecule is O.Oc1ccccc1.[Cl][Hg]. The second-order valence-corrected chi connectivity index (χ2v) is 1.34. The fraction of sp³-hybridized carbons (Fsp3) is 0. The Morgan fingerprint density at radius 1 is 1.10 bits per heavy atom. The number of hydrogen-bond acceptors (Lipinski definition) is 1. The molecule has 10 heavy (non-hydrogen) atoms. The average molecular weight is 348 g/mol. The number of phenolic OH excluding ortho intramolecular Hbond substituents is 1. The molecule has 0 aliphatic rings. The summed E-state index contributed by atoms with van der Waals surface area (Å²) < 4.78 is 0. The van der Waals surface area contributed by atoms with Crippen molar-refractivity contribution in [2.24, 2.45) is 0 Å². The van der Waals surface area contributed by atoms with E-state index >= 15 is 0 Å². The van der Waals surface area contributed by atoms with Gasteiger partial charge in [0.2, 0.25) is 0 Å². The molecule has 0 atom stereocenters. The molecule has 0 radical (unpaired) electrons. The molecule has 0 spiro atoms. The Balaban J connectivity index is 0. The zero-order valence-electron chi connectivity index (χ0n) is 5.42. The van der Waals surface area contributed by atoms with Gasteiger partial charge >= 0.3 is 33.1 Å². The first kappa shape index (κ1) is 12.8. The van der Waals surface area contributed by atoms with Crippen molar-refractivity contribution >= 4 is 8.25 Å². The molecule has 0 unspecified atom stereocenters. The van der Waals surface area contributed by atoms with Crippen LogP contribution in [0.1, 0.15) is 0 Å². The molecule has 53 valence electrons. The minimum atomic E-state index is 0. The molecule has 0 aliphatic heterocycles. The summed E-state index contributed by atoms with van der Waals surface area (Å²) in [4.78, 5) is 0. The average Bonchev–Trinajstić information content (AvgIpc) is 1.94. The van der Waals surface area contributed by atoms with Crippen LogP contribution < -0.4 is 0 Å². The topological polar surface area (TPSA) is 51.7 Å². The number of para-hydroxylation sites is 1. The van der Waals surface area contributed by atoms with E-state index in [0.29, 0.717) is 30.6 Å². The van der Waals surface area contributed by atoms with Gasteiger partial charge in [0.25, 0.3) is 0 Å². The molecule has 1 aromatic carbocycles. The number of rotatable bonds is 0. The van der Waals surface area contributed by atoms with Crippen LogP contribution >= 0.6 is 8.25 Å². The Labute approximate surface area is 79.6 Å². The van der Waals surface area contributed by atoms with Gasteiger partial charge in [-0.25, -0.2) is 0 Å². The van der Waals surface area contributed by atoms with Crippen LogP contribution in [0.5, 0.6) is 5.75 Å². The predicted molar refractivity (Wildman–Crippen MR) is 37.6 cm³/mol. The van der Waals surface area contributed by atoms with Crippen LogP contribution in [0.25, 0.3) is 0 Å². The van der Waals surface area contributed by atoms with Crippen molar-refractivity contribution in [3.05, 3.63) is 30.3 Å². The fourth-order valence-electron chi connectivity index (χ4n) is 0.428. The van der Waals surface area contributed by atoms with Gasteiger partial charge in [0.15, 0.2) is 0 Å². The monoisotopic (exact) mass is 349 g/mol. The fourth-order valence-corrected chi connectivity index (χ4v) is 0.428. The van der Waals surface area contributed by atoms with Crippen molar-refractivity contribution in [2.45, 2.75) is 0 Å². The first-order chi connectivity index (χ1) is 4.39. The van der Waals surface area contributed by atoms with E-state index in [1.165, 1.54) is 0 Å². The van der Waals surface area contributed by atoms with E-state index in [4.69, 9.17) is 13.4 Å². The van der Waals surface area contributed by atoms with Crippen LogP contribution in [0.2, 0.25) is 0 Å². The summed E-state index contributed by atoms with van der Waals surface area (Å²) in [5.74, 6) is 0.322. The van der Waals surface area contributed by atoms with Gasteiger partial charge in [0.1, 0.15) is 5.75 Å². The molecule has 0 heterocycles. The molecule has 1 aromatic rings. The van der Waals surface area contributed by atoms with E-state index in [0.717, 1.165) is 0 Å². The van der Waals surface area contributed by atoms with Crippen LogP contribution in [-0.2, 0) is 24.9 Å². The van der Waals surface area contributed by atoms with Crippen molar-refractivity contribution in [1.29, 1.82) is 0 Å². The maximum atomic E-state index is 8.63. The summed E-state index contributed by atoms with van der Waals surface area (Å²) in [6.45, 7) is 0. The second-order valence-electron chi connectivity index (χ2n) is 1.34. The Morgan fingerprint density at radius 3 is 1.70 bits per heavy atom. The maximum absolute atomic E-state index is 8.63. The Morgan fingerprint density at radius 2 is 1.50 bits per heavy atom. The van der Waals surface area contributed by atoms with E-state index < -0.39 is 0 Å². The summed E-state index contributed by atoms with van der Waals surface area (Å²) >= 11 is 0.500. The Bertz CT molecular complexity index is 146. The van der Waals surface area contributed by atoms with Crippen LogP contribution in [-0.4, -0.2) is 10.6 Å². The number of aromatic hydroxyl groups is 1. The molecule has 3 N–H and O–H groups in total. The van der Waals surface area contributed by atoms with Crippen molar-refractivity contribution in [2.75, 3.05) is 0 Å². The number of halogens is 1. The van der Waals surface area contributed by atoms with Crippen LogP contribution in [0.4, 0.5) is 0 Å². The van der Waals surface area contributed by atoms with Crippen molar-refractivity contribution in [1.82, 2.24) is 0 Å². The van der Waals surface area contributed by atoms with Crippen molar-refractivity contribution in [3.63, 3.8) is 0 Å². The molecule has 0 bridgehead atoms. The number of benzene rings is 1. The molecule has 0 saturated carbocycles. The van der Waals surface area contributed by atoms with Gasteiger partial charge in [-0.15, -0.1) is 0 Å². The molecule has 0 aliphatic carbocycles. The standard InChI is InChI=1S/C6H6O.ClH.Hg.H2O/c7-6-4-2-1-3-5-6;;;/h1-5,7H;1H;;1H2/q;;+1;/p-1. The van der Waals surface area contributed by atoms with Gasteiger partial charge in [-0.2, -0.15) is 0 Å². The zero-order chi connectivity index (χ0) is 7.11. The zero-order valence-corrected chi connectivity index (χ0v) is 11.7. The molecule has 0 saturated heterocycles. The van der Waals surface area contributed by atoms with Gasteiger partial charge in [-0.05, 0) is 12.1 Å². The first-order valence-corrected chi connectivity index (χ1v) is 9.17. The Hall–Kier alpha value is 0.205. The summed E-state index contributed by atoms with van der Waals surface area (Å²) in [6, 6.07) is 8.71. The van der Waals surface area contributed by atoms with Crippen molar-refractivity contribution in [3.8, 4) is 5.75 Å². The van der Waals surface area contributed by atoms with E-state index in [2.05, 4.69) is 0 Å². The van der Waals surface area contributed by atoms with E-state index in [9.17, 15) is 0 Å². The molecule has 0 fully saturated rings. The quantitative estimate of drug-likeness (QED) is 0.705. The van der Waals surface area contributed by atoms with E-state index in [-0.39, 0.29) is 5.48 Å². The third-order valence-corrected chi connectivity index (χ3v) is 0.756. The van der Waals surface area contributed by atoms with Crippen molar-refractivity contribution < 1.29 is 35.5 Å². The Kier molecular flexibility index (Phi) is 11.8. The van der Waals surface area contributed by atoms with E-state index in [1.54, 1.807) is 24.3 Å². The van der Waals surface area contributed by atoms with Crippen LogP contribution in [0.15, 0.2) is 30.3 Å². The number of phenols is 1. The third-order valence-electron chi connectivity index (χ3n) is 0.756. The summed E-state index contributed by atoms with van der Waals surface area (Å²) in [6.07, 6.45) is 0. The molecule has 0 amide bonds. The molecule has 1 rings (SSSR count). The molecule has 2 nitrogen and oxygen atoms in total. The minimum absolute atomic E-state index is 0. The van der Waals surface area contributed by atoms with Gasteiger partial charge in [0.05, 0.1) is 0 Å². The predicted octanol–water partition coefficient (Wildman–Crippen LogP) is 1.25. The molecular formula is C6H8ClHgO2. The second kappa shape index (κ2) is 9.21. The third kappa shape index (κ3) is 6.33. The van der Waals surface area contributed by atoms with Crippen LogP contribution in [0.3, 0.4) is 0 Å². The van der Waals surface area contributed by atoms with Gasteiger partial charge in [0, 0.05) is 0 Å². The molecule has 0 aromatic heterocycles. The van der Waals surface area contributed by atoms with E-state index in [1.807, 2.05) is 6.07 Å². The van der Waals surface area contributed by atoms with Gasteiger partial charge in [-0.3, -0.25) is 0 Å². The summed E-state index contributed by atoms with van der Waals surface area (Å²) in [7, 11) is 4.83. The van der Waals surface area contributed by atoms with Gasteiger partial charge < -0.3 is 10.6 Å².